The van der Waals surface area contributed by atoms with Crippen LogP contribution in [0.25, 0.3) is 0 Å². The molecule has 2 aromatic carbocycles. The average molecular weight is 425 g/mol. The number of hydrogen-bond acceptors (Lipinski definition) is 4. The first-order chi connectivity index (χ1) is 14.4. The summed E-state index contributed by atoms with van der Waals surface area (Å²) in [6, 6.07) is 11.5. The Morgan fingerprint density at radius 1 is 0.935 bits per heavy atom. The van der Waals surface area contributed by atoms with Crippen LogP contribution < -0.4 is 4.74 Å². The zero-order chi connectivity index (χ0) is 23.4. The van der Waals surface area contributed by atoms with E-state index in [1.54, 1.807) is 19.1 Å². The molecule has 0 fully saturated rings. The molecular formula is C27H36O4. The predicted molar refractivity (Wildman–Crippen MR) is 125 cm³/mol. The second-order valence-electron chi connectivity index (χ2n) is 9.60. The maximum absolute atomic E-state index is 13.0. The van der Waals surface area contributed by atoms with Gasteiger partial charge in [-0.05, 0) is 68.4 Å². The first-order valence-corrected chi connectivity index (χ1v) is 11.1. The Balaban J connectivity index is 2.52. The molecule has 0 saturated heterocycles. The molecule has 2 aromatic rings. The standard InChI is InChI=1S/C27H36O4/c1-9-11-19-12-14-20(15-13-19)24(28)31-23-18(3)16-21(26(4,5)6)17-22(23)27(7,8)25(29)30-10-2/h12-17H,9-11H2,1-8H3. The predicted octanol–water partition coefficient (Wildman–Crippen LogP) is 6.30. The van der Waals surface area contributed by atoms with Gasteiger partial charge in [0, 0.05) is 5.56 Å². The van der Waals surface area contributed by atoms with Crippen molar-refractivity contribution in [1.82, 2.24) is 0 Å². The number of rotatable bonds is 7. The van der Waals surface area contributed by atoms with E-state index in [0.717, 1.165) is 24.0 Å². The molecule has 2 rings (SSSR count). The fourth-order valence-electron chi connectivity index (χ4n) is 3.48. The van der Waals surface area contributed by atoms with Crippen molar-refractivity contribution in [3.8, 4) is 5.75 Å². The number of esters is 2. The lowest BCUT2D eigenvalue weighted by molar-refractivity contribution is -0.148. The van der Waals surface area contributed by atoms with Crippen LogP contribution in [0.1, 0.15) is 87.5 Å². The fraction of sp³-hybridized carbons (Fsp3) is 0.481. The Kier molecular flexibility index (Phi) is 7.69. The van der Waals surface area contributed by atoms with Gasteiger partial charge in [0.05, 0.1) is 17.6 Å². The van der Waals surface area contributed by atoms with E-state index in [1.807, 2.05) is 45.0 Å². The van der Waals surface area contributed by atoms with Crippen LogP contribution in [0.15, 0.2) is 36.4 Å². The van der Waals surface area contributed by atoms with E-state index in [4.69, 9.17) is 9.47 Å². The van der Waals surface area contributed by atoms with Crippen molar-refractivity contribution < 1.29 is 19.1 Å². The summed E-state index contributed by atoms with van der Waals surface area (Å²) in [7, 11) is 0. The second-order valence-corrected chi connectivity index (χ2v) is 9.60. The Morgan fingerprint density at radius 2 is 1.55 bits per heavy atom. The second kappa shape index (κ2) is 9.67. The van der Waals surface area contributed by atoms with Crippen molar-refractivity contribution in [2.45, 2.75) is 79.1 Å². The van der Waals surface area contributed by atoms with Gasteiger partial charge in [0.15, 0.2) is 0 Å². The summed E-state index contributed by atoms with van der Waals surface area (Å²) in [4.78, 5) is 25.7. The lowest BCUT2D eigenvalue weighted by Crippen LogP contribution is -2.33. The van der Waals surface area contributed by atoms with Crippen LogP contribution >= 0.6 is 0 Å². The van der Waals surface area contributed by atoms with Gasteiger partial charge < -0.3 is 9.47 Å². The molecule has 0 unspecified atom stereocenters. The van der Waals surface area contributed by atoms with Crippen LogP contribution in [0.3, 0.4) is 0 Å². The molecule has 0 aromatic heterocycles. The number of ether oxygens (including phenoxy) is 2. The van der Waals surface area contributed by atoms with Crippen LogP contribution in [-0.2, 0) is 26.8 Å². The molecule has 0 aliphatic carbocycles. The third kappa shape index (κ3) is 5.75. The van der Waals surface area contributed by atoms with E-state index in [1.165, 1.54) is 5.56 Å². The lowest BCUT2D eigenvalue weighted by Gasteiger charge is -2.29. The van der Waals surface area contributed by atoms with Gasteiger partial charge in [-0.1, -0.05) is 58.4 Å². The smallest absolute Gasteiger partial charge is 0.343 e. The summed E-state index contributed by atoms with van der Waals surface area (Å²) in [5.74, 6) is -0.356. The molecule has 0 heterocycles. The minimum absolute atomic E-state index is 0.123. The topological polar surface area (TPSA) is 52.6 Å². The number of aryl methyl sites for hydroxylation is 2. The van der Waals surface area contributed by atoms with Gasteiger partial charge in [-0.15, -0.1) is 0 Å². The number of carbonyl (C=O) groups excluding carboxylic acids is 2. The van der Waals surface area contributed by atoms with Crippen LogP contribution in [0.4, 0.5) is 0 Å². The summed E-state index contributed by atoms with van der Waals surface area (Å²) in [5, 5.41) is 0. The normalized spacial score (nSPS) is 11.9. The Labute approximate surface area is 187 Å². The van der Waals surface area contributed by atoms with Crippen LogP contribution in [0.5, 0.6) is 5.75 Å². The van der Waals surface area contributed by atoms with Crippen molar-refractivity contribution in [3.05, 3.63) is 64.2 Å². The highest BCUT2D eigenvalue weighted by molar-refractivity contribution is 5.92. The highest BCUT2D eigenvalue weighted by Gasteiger charge is 2.36. The minimum Gasteiger partial charge on any atom is -0.465 e. The van der Waals surface area contributed by atoms with Gasteiger partial charge in [0.1, 0.15) is 5.75 Å². The van der Waals surface area contributed by atoms with Gasteiger partial charge in [-0.3, -0.25) is 4.79 Å². The fourth-order valence-corrected chi connectivity index (χ4v) is 3.48. The summed E-state index contributed by atoms with van der Waals surface area (Å²) < 4.78 is 11.2. The van der Waals surface area contributed by atoms with Gasteiger partial charge in [-0.25, -0.2) is 4.79 Å². The molecule has 0 N–H and O–H groups in total. The van der Waals surface area contributed by atoms with Crippen molar-refractivity contribution >= 4 is 11.9 Å². The first-order valence-electron chi connectivity index (χ1n) is 11.1. The average Bonchev–Trinajstić information content (AvgIpc) is 2.69. The van der Waals surface area contributed by atoms with Crippen LogP contribution in [0.2, 0.25) is 0 Å². The minimum atomic E-state index is -0.970. The molecule has 0 aliphatic heterocycles. The van der Waals surface area contributed by atoms with Gasteiger partial charge in [-0.2, -0.15) is 0 Å². The van der Waals surface area contributed by atoms with E-state index in [0.29, 0.717) is 23.5 Å². The highest BCUT2D eigenvalue weighted by Crippen LogP contribution is 2.39. The Bertz CT molecular complexity index is 931. The molecule has 31 heavy (non-hydrogen) atoms. The largest absolute Gasteiger partial charge is 0.465 e. The highest BCUT2D eigenvalue weighted by atomic mass is 16.5. The van der Waals surface area contributed by atoms with E-state index in [-0.39, 0.29) is 11.4 Å². The molecule has 4 nitrogen and oxygen atoms in total. The van der Waals surface area contributed by atoms with Gasteiger partial charge in [0.25, 0.3) is 0 Å². The maximum atomic E-state index is 13.0. The van der Waals surface area contributed by atoms with Crippen molar-refractivity contribution in [2.75, 3.05) is 6.61 Å². The van der Waals surface area contributed by atoms with E-state index >= 15 is 0 Å². The lowest BCUT2D eigenvalue weighted by atomic mass is 9.78. The van der Waals surface area contributed by atoms with Crippen LogP contribution in [-0.4, -0.2) is 18.5 Å². The monoisotopic (exact) mass is 424 g/mol. The third-order valence-corrected chi connectivity index (χ3v) is 5.52. The van der Waals surface area contributed by atoms with Crippen molar-refractivity contribution in [3.63, 3.8) is 0 Å². The SMILES string of the molecule is CCCc1ccc(C(=O)Oc2c(C)cc(C(C)(C)C)cc2C(C)(C)C(=O)OCC)cc1. The van der Waals surface area contributed by atoms with Gasteiger partial charge >= 0.3 is 11.9 Å². The summed E-state index contributed by atoms with van der Waals surface area (Å²) >= 11 is 0. The number of hydrogen-bond donors (Lipinski definition) is 0. The van der Waals surface area contributed by atoms with E-state index in [2.05, 4.69) is 27.7 Å². The Morgan fingerprint density at radius 3 is 2.06 bits per heavy atom. The molecule has 0 bridgehead atoms. The third-order valence-electron chi connectivity index (χ3n) is 5.52. The van der Waals surface area contributed by atoms with Crippen LogP contribution in [0, 0.1) is 6.92 Å². The molecule has 0 amide bonds. The molecule has 0 spiro atoms. The molecule has 0 atom stereocenters. The Hall–Kier alpha value is -2.62. The molecule has 0 radical (unpaired) electrons. The quantitative estimate of drug-likeness (QED) is 0.386. The molecule has 168 valence electrons. The van der Waals surface area contributed by atoms with E-state index < -0.39 is 11.4 Å². The van der Waals surface area contributed by atoms with E-state index in [9.17, 15) is 9.59 Å². The summed E-state index contributed by atoms with van der Waals surface area (Å²) in [5.41, 5.74) is 3.13. The summed E-state index contributed by atoms with van der Waals surface area (Å²) in [6.45, 7) is 16.1. The van der Waals surface area contributed by atoms with Gasteiger partial charge in [0.2, 0.25) is 0 Å². The molecule has 0 aliphatic rings. The maximum Gasteiger partial charge on any atom is 0.343 e. The van der Waals surface area contributed by atoms with Crippen molar-refractivity contribution in [2.24, 2.45) is 0 Å². The number of benzene rings is 2. The van der Waals surface area contributed by atoms with Crippen molar-refractivity contribution in [1.29, 1.82) is 0 Å². The first kappa shape index (κ1) is 24.6. The zero-order valence-electron chi connectivity index (χ0n) is 20.2. The molecule has 4 heteroatoms. The molecule has 0 saturated carbocycles. The summed E-state index contributed by atoms with van der Waals surface area (Å²) in [6.07, 6.45) is 2.02. The zero-order valence-corrected chi connectivity index (χ0v) is 20.2. The number of carbonyl (C=O) groups is 2. The molecular weight excluding hydrogens is 388 g/mol.